The van der Waals surface area contributed by atoms with Gasteiger partial charge in [-0.15, -0.1) is 0 Å². The van der Waals surface area contributed by atoms with E-state index in [9.17, 15) is 14.4 Å². The van der Waals surface area contributed by atoms with Crippen LogP contribution in [0, 0.1) is 0 Å². The number of Topliss-reactive ketones (excluding diaryl/α,β-unsaturated/α-hetero) is 1. The van der Waals surface area contributed by atoms with Crippen molar-refractivity contribution in [3.63, 3.8) is 0 Å². The van der Waals surface area contributed by atoms with Crippen LogP contribution < -0.4 is 0 Å². The predicted molar refractivity (Wildman–Crippen MR) is 48.9 cm³/mol. The van der Waals surface area contributed by atoms with Gasteiger partial charge in [-0.3, -0.25) is 9.59 Å². The molecule has 82 valence electrons. The number of hydrogen-bond acceptors (Lipinski definition) is 4. The zero-order valence-electron chi connectivity index (χ0n) is 8.26. The molecule has 7 heteroatoms. The smallest absolute Gasteiger partial charge is 0.440 e. The molecule has 0 heterocycles. The molecule has 0 aliphatic heterocycles. The second kappa shape index (κ2) is 8.33. The minimum Gasteiger partial charge on any atom is -0.472 e. The van der Waals surface area contributed by atoms with E-state index >= 15 is 0 Å². The molecule has 0 fully saturated rings. The number of carbonyl (C=O) groups is 3. The SMILES string of the molecule is C=COC(C)=O.CC(=O)C(=[N+]=[N-])C(=O)O. The lowest BCUT2D eigenvalue weighted by Crippen LogP contribution is -2.21. The highest BCUT2D eigenvalue weighted by atomic mass is 16.5. The molecule has 0 amide bonds. The monoisotopic (exact) mass is 214 g/mol. The van der Waals surface area contributed by atoms with Crippen molar-refractivity contribution in [2.75, 3.05) is 0 Å². The van der Waals surface area contributed by atoms with Crippen LogP contribution in [0.5, 0.6) is 0 Å². The minimum atomic E-state index is -1.52. The number of nitrogens with zero attached hydrogens (tertiary/aromatic N) is 2. The molecule has 7 nitrogen and oxygen atoms in total. The molecule has 0 atom stereocenters. The summed E-state index contributed by atoms with van der Waals surface area (Å²) < 4.78 is 4.17. The first-order valence-electron chi connectivity index (χ1n) is 3.61. The Labute approximate surface area is 85.6 Å². The van der Waals surface area contributed by atoms with Crippen molar-refractivity contribution in [3.05, 3.63) is 18.4 Å². The van der Waals surface area contributed by atoms with Crippen LogP contribution in [0.4, 0.5) is 0 Å². The summed E-state index contributed by atoms with van der Waals surface area (Å²) in [6.07, 6.45) is 1.10. The van der Waals surface area contributed by atoms with Crippen LogP contribution >= 0.6 is 0 Å². The second-order valence-electron chi connectivity index (χ2n) is 2.09. The number of ether oxygens (including phenoxy) is 1. The molecule has 0 aromatic carbocycles. The Bertz CT molecular complexity index is 312. The lowest BCUT2D eigenvalue weighted by atomic mass is 10.3. The van der Waals surface area contributed by atoms with Crippen molar-refractivity contribution >= 4 is 23.4 Å². The highest BCUT2D eigenvalue weighted by Gasteiger charge is 2.23. The van der Waals surface area contributed by atoms with E-state index in [1.54, 1.807) is 0 Å². The number of rotatable bonds is 3. The zero-order valence-corrected chi connectivity index (χ0v) is 8.26. The Morgan fingerprint density at radius 1 is 1.40 bits per heavy atom. The Hall–Kier alpha value is -2.27. The molecule has 0 aromatic heterocycles. The van der Waals surface area contributed by atoms with Crippen molar-refractivity contribution in [1.82, 2.24) is 0 Å². The quantitative estimate of drug-likeness (QED) is 0.177. The molecule has 1 N–H and O–H groups in total. The summed E-state index contributed by atoms with van der Waals surface area (Å²) in [6.45, 7) is 5.48. The normalized spacial score (nSPS) is 7.33. The number of carboxylic acid groups (broad SMARTS) is 1. The van der Waals surface area contributed by atoms with Gasteiger partial charge >= 0.3 is 17.7 Å². The van der Waals surface area contributed by atoms with E-state index in [1.807, 2.05) is 0 Å². The molecule has 0 aliphatic carbocycles. The third-order valence-electron chi connectivity index (χ3n) is 0.885. The van der Waals surface area contributed by atoms with Crippen LogP contribution in [-0.4, -0.2) is 33.3 Å². The molecule has 15 heavy (non-hydrogen) atoms. The Balaban J connectivity index is 0. The summed E-state index contributed by atoms with van der Waals surface area (Å²) in [5.41, 5.74) is 7.00. The van der Waals surface area contributed by atoms with Crippen molar-refractivity contribution in [1.29, 1.82) is 0 Å². The molecule has 0 aromatic rings. The first-order valence-corrected chi connectivity index (χ1v) is 3.61. The number of carbonyl (C=O) groups excluding carboxylic acids is 2. The molecule has 0 aliphatic rings. The largest absolute Gasteiger partial charge is 0.472 e. The van der Waals surface area contributed by atoms with Crippen LogP contribution in [0.2, 0.25) is 0 Å². The zero-order chi connectivity index (χ0) is 12.4. The molecule has 0 unspecified atom stereocenters. The van der Waals surface area contributed by atoms with Crippen LogP contribution in [0.25, 0.3) is 5.53 Å². The van der Waals surface area contributed by atoms with Gasteiger partial charge in [0.2, 0.25) is 5.78 Å². The van der Waals surface area contributed by atoms with Gasteiger partial charge in [0.1, 0.15) is 0 Å². The van der Waals surface area contributed by atoms with Gasteiger partial charge in [-0.05, 0) is 0 Å². The van der Waals surface area contributed by atoms with E-state index in [2.05, 4.69) is 16.1 Å². The first-order chi connectivity index (χ1) is 6.86. The molecule has 0 rings (SSSR count). The second-order valence-corrected chi connectivity index (χ2v) is 2.09. The van der Waals surface area contributed by atoms with E-state index in [0.717, 1.165) is 13.2 Å². The summed E-state index contributed by atoms with van der Waals surface area (Å²) >= 11 is 0. The van der Waals surface area contributed by atoms with Gasteiger partial charge in [-0.1, -0.05) is 6.58 Å². The standard InChI is InChI=1S/C4H4N2O3.C4H6O2/c1-2(7)3(6-5)4(8)9;1-3-6-4(2)5/h1H3,(H,8,9);3H,1H2,2H3. The average molecular weight is 214 g/mol. The van der Waals surface area contributed by atoms with Crippen molar-refractivity contribution in [3.8, 4) is 0 Å². The molecular weight excluding hydrogens is 204 g/mol. The van der Waals surface area contributed by atoms with E-state index in [4.69, 9.17) is 10.6 Å². The van der Waals surface area contributed by atoms with Crippen molar-refractivity contribution in [2.45, 2.75) is 13.8 Å². The fourth-order valence-electron chi connectivity index (χ4n) is 0.381. The molecule has 0 radical (unpaired) electrons. The average Bonchev–Trinajstić information content (AvgIpc) is 2.03. The lowest BCUT2D eigenvalue weighted by Gasteiger charge is -1.83. The van der Waals surface area contributed by atoms with Gasteiger partial charge in [-0.25, -0.2) is 4.79 Å². The fourth-order valence-corrected chi connectivity index (χ4v) is 0.381. The number of ketones is 1. The van der Waals surface area contributed by atoms with Gasteiger partial charge in [0.15, 0.2) is 0 Å². The summed E-state index contributed by atoms with van der Waals surface area (Å²) in [6, 6.07) is 0. The van der Waals surface area contributed by atoms with Gasteiger partial charge in [0.25, 0.3) is 0 Å². The topological polar surface area (TPSA) is 117 Å². The van der Waals surface area contributed by atoms with Crippen molar-refractivity contribution < 1.29 is 29.0 Å². The number of aliphatic carboxylic acids is 1. The van der Waals surface area contributed by atoms with Crippen LogP contribution in [0.3, 0.4) is 0 Å². The highest BCUT2D eigenvalue weighted by molar-refractivity contribution is 6.61. The van der Waals surface area contributed by atoms with Crippen molar-refractivity contribution in [2.24, 2.45) is 0 Å². The molecule has 0 bridgehead atoms. The molecule has 0 spiro atoms. The fraction of sp³-hybridized carbons (Fsp3) is 0.250. The van der Waals surface area contributed by atoms with E-state index in [1.165, 1.54) is 6.92 Å². The molecule has 0 saturated carbocycles. The van der Waals surface area contributed by atoms with Gasteiger partial charge in [0, 0.05) is 13.8 Å². The number of esters is 1. The number of carboxylic acids is 1. The summed E-state index contributed by atoms with van der Waals surface area (Å²) in [5, 5.41) is 8.03. The van der Waals surface area contributed by atoms with Gasteiger partial charge < -0.3 is 15.4 Å². The Morgan fingerprint density at radius 2 is 1.87 bits per heavy atom. The summed E-state index contributed by atoms with van der Waals surface area (Å²) in [5.74, 6) is -2.62. The maximum absolute atomic E-state index is 10.1. The van der Waals surface area contributed by atoms with E-state index in [0.29, 0.717) is 0 Å². The summed E-state index contributed by atoms with van der Waals surface area (Å²) in [7, 11) is 0. The number of hydrogen-bond donors (Lipinski definition) is 1. The van der Waals surface area contributed by atoms with Crippen LogP contribution in [0.1, 0.15) is 13.8 Å². The van der Waals surface area contributed by atoms with Crippen LogP contribution in [0.15, 0.2) is 12.8 Å². The van der Waals surface area contributed by atoms with Gasteiger partial charge in [0.05, 0.1) is 6.26 Å². The maximum Gasteiger partial charge on any atom is 0.440 e. The maximum atomic E-state index is 10.1. The molecule has 0 saturated heterocycles. The summed E-state index contributed by atoms with van der Waals surface area (Å²) in [4.78, 5) is 32.0. The lowest BCUT2D eigenvalue weighted by molar-refractivity contribution is -0.137. The van der Waals surface area contributed by atoms with Gasteiger partial charge in [-0.2, -0.15) is 4.79 Å². The predicted octanol–water partition coefficient (Wildman–Crippen LogP) is 0.0238. The third-order valence-corrected chi connectivity index (χ3v) is 0.885. The molecular formula is C8H10N2O5. The first kappa shape index (κ1) is 15.2. The third kappa shape index (κ3) is 9.65. The van der Waals surface area contributed by atoms with Crippen LogP contribution in [-0.2, 0) is 19.1 Å². The van der Waals surface area contributed by atoms with E-state index < -0.39 is 17.5 Å². The highest BCUT2D eigenvalue weighted by Crippen LogP contribution is 1.73. The Morgan fingerprint density at radius 3 is 1.87 bits per heavy atom. The van der Waals surface area contributed by atoms with E-state index in [-0.39, 0.29) is 5.97 Å². The Kier molecular flexibility index (Phi) is 8.45. The minimum absolute atomic E-state index is 0.329.